The summed E-state index contributed by atoms with van der Waals surface area (Å²) < 4.78 is 0. The molecule has 0 radical (unpaired) electrons. The van der Waals surface area contributed by atoms with Gasteiger partial charge in [0.2, 0.25) is 0 Å². The Morgan fingerprint density at radius 3 is 2.53 bits per heavy atom. The normalized spacial score (nSPS) is 12.4. The van der Waals surface area contributed by atoms with E-state index in [0.29, 0.717) is 11.8 Å². The van der Waals surface area contributed by atoms with E-state index in [1.54, 1.807) is 0 Å². The molecule has 0 aliphatic heterocycles. The van der Waals surface area contributed by atoms with Gasteiger partial charge in [0.1, 0.15) is 0 Å². The minimum atomic E-state index is 0.585. The second kappa shape index (κ2) is 7.92. The molecule has 0 aliphatic rings. The number of benzene rings is 1. The standard InChI is InChI=1S/C16H23N/c1-4-5-9-12-17-13-16(14(2)3)15-10-7-6-8-11-15/h1,6-8,10-11,14,16-17H,5,9,12-13H2,2-3H3. The maximum absolute atomic E-state index is 5.23. The number of hydrogen-bond donors (Lipinski definition) is 1. The Morgan fingerprint density at radius 2 is 1.94 bits per heavy atom. The highest BCUT2D eigenvalue weighted by molar-refractivity contribution is 5.20. The van der Waals surface area contributed by atoms with E-state index >= 15 is 0 Å². The van der Waals surface area contributed by atoms with Crippen LogP contribution in [0.2, 0.25) is 0 Å². The third-order valence-electron chi connectivity index (χ3n) is 3.07. The van der Waals surface area contributed by atoms with Crippen molar-refractivity contribution in [3.63, 3.8) is 0 Å². The topological polar surface area (TPSA) is 12.0 Å². The molecule has 1 atom stereocenters. The van der Waals surface area contributed by atoms with Crippen molar-refractivity contribution in [1.29, 1.82) is 0 Å². The summed E-state index contributed by atoms with van der Waals surface area (Å²) in [6, 6.07) is 10.7. The molecule has 1 N–H and O–H groups in total. The van der Waals surface area contributed by atoms with Crippen LogP contribution < -0.4 is 5.32 Å². The first-order chi connectivity index (χ1) is 8.25. The molecule has 0 aromatic heterocycles. The Kier molecular flexibility index (Phi) is 6.43. The zero-order valence-electron chi connectivity index (χ0n) is 10.9. The van der Waals surface area contributed by atoms with E-state index < -0.39 is 0 Å². The maximum atomic E-state index is 5.23. The Morgan fingerprint density at radius 1 is 1.24 bits per heavy atom. The fraction of sp³-hybridized carbons (Fsp3) is 0.500. The van der Waals surface area contributed by atoms with Gasteiger partial charge in [0.15, 0.2) is 0 Å². The molecule has 0 spiro atoms. The van der Waals surface area contributed by atoms with Crippen LogP contribution in [0.3, 0.4) is 0 Å². The highest BCUT2D eigenvalue weighted by Crippen LogP contribution is 2.23. The summed E-state index contributed by atoms with van der Waals surface area (Å²) in [6.45, 7) is 6.61. The zero-order valence-corrected chi connectivity index (χ0v) is 10.9. The molecule has 1 rings (SSSR count). The van der Waals surface area contributed by atoms with Crippen LogP contribution in [0.1, 0.15) is 38.2 Å². The molecule has 0 saturated heterocycles. The lowest BCUT2D eigenvalue weighted by Gasteiger charge is -2.21. The van der Waals surface area contributed by atoms with E-state index in [1.165, 1.54) is 5.56 Å². The molecule has 92 valence electrons. The first-order valence-corrected chi connectivity index (χ1v) is 6.44. The SMILES string of the molecule is C#CCCCNCC(c1ccccc1)C(C)C. The Labute approximate surface area is 106 Å². The average Bonchev–Trinajstić information content (AvgIpc) is 2.34. The van der Waals surface area contributed by atoms with Crippen molar-refractivity contribution in [2.45, 2.75) is 32.6 Å². The molecule has 1 aromatic carbocycles. The fourth-order valence-electron chi connectivity index (χ4n) is 2.01. The van der Waals surface area contributed by atoms with Gasteiger partial charge in [-0.25, -0.2) is 0 Å². The molecule has 0 fully saturated rings. The molecule has 1 unspecified atom stereocenters. The van der Waals surface area contributed by atoms with E-state index in [-0.39, 0.29) is 0 Å². The monoisotopic (exact) mass is 229 g/mol. The summed E-state index contributed by atoms with van der Waals surface area (Å²) in [5, 5.41) is 3.50. The van der Waals surface area contributed by atoms with E-state index in [0.717, 1.165) is 25.9 Å². The second-order valence-electron chi connectivity index (χ2n) is 4.77. The number of rotatable bonds is 7. The van der Waals surface area contributed by atoms with E-state index in [9.17, 15) is 0 Å². The van der Waals surface area contributed by atoms with Crippen LogP contribution in [-0.4, -0.2) is 13.1 Å². The van der Waals surface area contributed by atoms with Gasteiger partial charge in [0.25, 0.3) is 0 Å². The van der Waals surface area contributed by atoms with Gasteiger partial charge in [-0.2, -0.15) is 0 Å². The van der Waals surface area contributed by atoms with Gasteiger partial charge < -0.3 is 5.32 Å². The van der Waals surface area contributed by atoms with Crippen molar-refractivity contribution in [2.24, 2.45) is 5.92 Å². The predicted octanol–water partition coefficient (Wildman–Crippen LogP) is 3.43. The van der Waals surface area contributed by atoms with Crippen molar-refractivity contribution in [1.82, 2.24) is 5.32 Å². The van der Waals surface area contributed by atoms with Crippen LogP contribution in [0.5, 0.6) is 0 Å². The van der Waals surface area contributed by atoms with Crippen molar-refractivity contribution < 1.29 is 0 Å². The van der Waals surface area contributed by atoms with Gasteiger partial charge in [-0.1, -0.05) is 44.2 Å². The van der Waals surface area contributed by atoms with Crippen molar-refractivity contribution in [2.75, 3.05) is 13.1 Å². The maximum Gasteiger partial charge on any atom is 0.00981 e. The Balaban J connectivity index is 2.43. The quantitative estimate of drug-likeness (QED) is 0.558. The van der Waals surface area contributed by atoms with Gasteiger partial charge in [-0.15, -0.1) is 12.3 Å². The molecule has 0 aliphatic carbocycles. The lowest BCUT2D eigenvalue weighted by atomic mass is 9.88. The van der Waals surface area contributed by atoms with E-state index in [2.05, 4.69) is 55.4 Å². The molecule has 0 saturated carbocycles. The molecule has 1 heteroatoms. The number of nitrogens with one attached hydrogen (secondary N) is 1. The van der Waals surface area contributed by atoms with Crippen molar-refractivity contribution in [3.8, 4) is 12.3 Å². The minimum absolute atomic E-state index is 0.585. The summed E-state index contributed by atoms with van der Waals surface area (Å²) >= 11 is 0. The van der Waals surface area contributed by atoms with Gasteiger partial charge in [-0.3, -0.25) is 0 Å². The minimum Gasteiger partial charge on any atom is -0.316 e. The Hall–Kier alpha value is -1.26. The fourth-order valence-corrected chi connectivity index (χ4v) is 2.01. The highest BCUT2D eigenvalue weighted by atomic mass is 14.9. The van der Waals surface area contributed by atoms with Crippen LogP contribution in [-0.2, 0) is 0 Å². The Bertz CT molecular complexity index is 334. The average molecular weight is 229 g/mol. The summed E-state index contributed by atoms with van der Waals surface area (Å²) in [4.78, 5) is 0. The van der Waals surface area contributed by atoms with Crippen molar-refractivity contribution >= 4 is 0 Å². The molecular formula is C16H23N. The lowest BCUT2D eigenvalue weighted by Crippen LogP contribution is -2.25. The molecule has 0 amide bonds. The molecule has 1 nitrogen and oxygen atoms in total. The summed E-state index contributed by atoms with van der Waals surface area (Å²) in [5.74, 6) is 3.91. The van der Waals surface area contributed by atoms with Gasteiger partial charge in [0.05, 0.1) is 0 Å². The molecule has 0 bridgehead atoms. The van der Waals surface area contributed by atoms with Crippen LogP contribution >= 0.6 is 0 Å². The number of hydrogen-bond acceptors (Lipinski definition) is 1. The molecular weight excluding hydrogens is 206 g/mol. The molecule has 17 heavy (non-hydrogen) atoms. The van der Waals surface area contributed by atoms with Crippen LogP contribution in [0.15, 0.2) is 30.3 Å². The smallest absolute Gasteiger partial charge is 0.00981 e. The zero-order chi connectivity index (χ0) is 12.5. The highest BCUT2D eigenvalue weighted by Gasteiger charge is 2.14. The second-order valence-corrected chi connectivity index (χ2v) is 4.77. The summed E-state index contributed by atoms with van der Waals surface area (Å²) in [6.07, 6.45) is 7.16. The summed E-state index contributed by atoms with van der Waals surface area (Å²) in [5.41, 5.74) is 1.42. The third kappa shape index (κ3) is 5.06. The van der Waals surface area contributed by atoms with Crippen LogP contribution in [0.4, 0.5) is 0 Å². The van der Waals surface area contributed by atoms with Gasteiger partial charge in [-0.05, 0) is 30.4 Å². The number of terminal acetylenes is 1. The van der Waals surface area contributed by atoms with Crippen LogP contribution in [0.25, 0.3) is 0 Å². The van der Waals surface area contributed by atoms with Gasteiger partial charge in [0, 0.05) is 13.0 Å². The predicted molar refractivity (Wildman–Crippen MR) is 75.0 cm³/mol. The number of unbranched alkanes of at least 4 members (excludes halogenated alkanes) is 1. The lowest BCUT2D eigenvalue weighted by molar-refractivity contribution is 0.460. The van der Waals surface area contributed by atoms with E-state index in [1.807, 2.05) is 0 Å². The molecule has 1 aromatic rings. The van der Waals surface area contributed by atoms with Crippen molar-refractivity contribution in [3.05, 3.63) is 35.9 Å². The van der Waals surface area contributed by atoms with Gasteiger partial charge >= 0.3 is 0 Å². The van der Waals surface area contributed by atoms with Crippen LogP contribution in [0, 0.1) is 18.3 Å². The first-order valence-electron chi connectivity index (χ1n) is 6.44. The largest absolute Gasteiger partial charge is 0.316 e. The first kappa shape index (κ1) is 13.8. The molecule has 0 heterocycles. The third-order valence-corrected chi connectivity index (χ3v) is 3.07. The van der Waals surface area contributed by atoms with E-state index in [4.69, 9.17) is 6.42 Å². The summed E-state index contributed by atoms with van der Waals surface area (Å²) in [7, 11) is 0.